The van der Waals surface area contributed by atoms with Gasteiger partial charge >= 0.3 is 0 Å². The van der Waals surface area contributed by atoms with Crippen LogP contribution in [0.5, 0.6) is 0 Å². The number of aliphatic hydroxyl groups excluding tert-OH is 1. The van der Waals surface area contributed by atoms with Crippen molar-refractivity contribution >= 4 is 27.5 Å². The van der Waals surface area contributed by atoms with Crippen LogP contribution in [0, 0.1) is 16.9 Å². The molecule has 0 spiro atoms. The molecule has 1 heterocycles. The fourth-order valence-electron chi connectivity index (χ4n) is 7.36. The molecule has 1 aliphatic rings. The molecule has 1 radical (unpaired) electrons. The van der Waals surface area contributed by atoms with Crippen molar-refractivity contribution < 1.29 is 30.0 Å². The van der Waals surface area contributed by atoms with Crippen molar-refractivity contribution in [2.75, 3.05) is 0 Å². The largest absolute Gasteiger partial charge is 0.512 e. The SMILES string of the molecule is CC(C)(C)c1cc(-c2nc3ccccc3c3c2-c2ccccc2C3(C)C)[c-]c2ccccc12.CCC(C)(CC)C(=O)/C=C(\O)C(C)(CC)CC.[Ir]. The number of pyridine rings is 1. The zero-order valence-electron chi connectivity index (χ0n) is 32.5. The van der Waals surface area contributed by atoms with Gasteiger partial charge in [-0.3, -0.25) is 9.78 Å². The summed E-state index contributed by atoms with van der Waals surface area (Å²) in [5.41, 5.74) is 9.13. The Morgan fingerprint density at radius 2 is 1.33 bits per heavy atom. The summed E-state index contributed by atoms with van der Waals surface area (Å²) in [6.07, 6.45) is 4.75. The van der Waals surface area contributed by atoms with E-state index in [0.717, 1.165) is 47.8 Å². The van der Waals surface area contributed by atoms with Crippen LogP contribution in [0.2, 0.25) is 0 Å². The second-order valence-corrected chi connectivity index (χ2v) is 16.2. The maximum Gasteiger partial charge on any atom is 0.164 e. The van der Waals surface area contributed by atoms with Crippen LogP contribution in [-0.2, 0) is 35.7 Å². The summed E-state index contributed by atoms with van der Waals surface area (Å²) in [7, 11) is 0. The molecule has 0 aliphatic heterocycles. The summed E-state index contributed by atoms with van der Waals surface area (Å²) in [6.45, 7) is 23.6. The van der Waals surface area contributed by atoms with E-state index >= 15 is 0 Å². The first kappa shape index (κ1) is 40.2. The van der Waals surface area contributed by atoms with E-state index in [4.69, 9.17) is 4.98 Å². The Balaban J connectivity index is 0.000000279. The molecule has 4 heteroatoms. The van der Waals surface area contributed by atoms with Crippen LogP contribution in [0.1, 0.15) is 119 Å². The van der Waals surface area contributed by atoms with E-state index in [1.54, 1.807) is 0 Å². The third-order valence-corrected chi connectivity index (χ3v) is 11.8. The van der Waals surface area contributed by atoms with Crippen molar-refractivity contribution in [1.82, 2.24) is 4.98 Å². The third kappa shape index (κ3) is 7.37. The number of carbonyl (C=O) groups is 1. The van der Waals surface area contributed by atoms with Gasteiger partial charge in [0.2, 0.25) is 0 Å². The molecule has 0 atom stereocenters. The summed E-state index contributed by atoms with van der Waals surface area (Å²) in [5.74, 6) is 0.286. The van der Waals surface area contributed by atoms with E-state index in [1.807, 2.05) is 41.5 Å². The van der Waals surface area contributed by atoms with Crippen LogP contribution in [0.25, 0.3) is 44.1 Å². The molecule has 51 heavy (non-hydrogen) atoms. The number of nitrogens with zero attached hydrogens (tertiary/aromatic N) is 1. The number of allylic oxidation sites excluding steroid dienone is 2. The van der Waals surface area contributed by atoms with Crippen molar-refractivity contribution in [2.45, 2.75) is 113 Å². The van der Waals surface area contributed by atoms with Crippen LogP contribution in [0.4, 0.5) is 0 Å². The minimum atomic E-state index is -0.337. The number of benzene rings is 4. The Labute approximate surface area is 320 Å². The van der Waals surface area contributed by atoms with Crippen LogP contribution in [0.15, 0.2) is 90.7 Å². The number of ketones is 1. The molecule has 1 aliphatic carbocycles. The third-order valence-electron chi connectivity index (χ3n) is 11.8. The van der Waals surface area contributed by atoms with Gasteiger partial charge in [-0.15, -0.1) is 29.1 Å². The standard InChI is InChI=1S/C32H28N.C15H28O2.Ir/c1-31(2,3)26-19-21(18-20-12-6-7-13-22(20)26)30-28-23-14-8-10-16-25(23)32(4,5)29(28)24-15-9-11-17-27(24)33-30;1-7-14(5,8-2)12(16)11-13(17)15(6,9-3)10-4;/h6-17,19H,1-5H3;11,16H,7-10H2,1-6H3;/q-1;;/b;12-11-;. The Bertz CT molecular complexity index is 2070. The first-order valence-electron chi connectivity index (χ1n) is 18.5. The van der Waals surface area contributed by atoms with Crippen molar-refractivity contribution in [3.63, 3.8) is 0 Å². The minimum absolute atomic E-state index is 0. The summed E-state index contributed by atoms with van der Waals surface area (Å²) >= 11 is 0. The second kappa shape index (κ2) is 15.2. The van der Waals surface area contributed by atoms with Gasteiger partial charge in [0.15, 0.2) is 5.78 Å². The summed E-state index contributed by atoms with van der Waals surface area (Å²) in [5, 5.41) is 13.8. The summed E-state index contributed by atoms with van der Waals surface area (Å²) < 4.78 is 0. The summed E-state index contributed by atoms with van der Waals surface area (Å²) in [6, 6.07) is 32.1. The fraction of sp³-hybridized carbons (Fsp3) is 0.404. The van der Waals surface area contributed by atoms with Crippen molar-refractivity contribution in [2.24, 2.45) is 10.8 Å². The number of aromatic nitrogens is 1. The number of hydrogen-bond donors (Lipinski definition) is 1. The van der Waals surface area contributed by atoms with E-state index < -0.39 is 0 Å². The zero-order chi connectivity index (χ0) is 36.6. The van der Waals surface area contributed by atoms with Gasteiger partial charge in [0.05, 0.1) is 5.52 Å². The van der Waals surface area contributed by atoms with E-state index in [2.05, 4.69) is 120 Å². The molecule has 0 saturated carbocycles. The van der Waals surface area contributed by atoms with E-state index in [-0.39, 0.29) is 53.3 Å². The van der Waals surface area contributed by atoms with Crippen molar-refractivity contribution in [1.29, 1.82) is 0 Å². The molecule has 1 aromatic heterocycles. The molecular formula is C47H56IrNO2-. The molecule has 0 bridgehead atoms. The Morgan fingerprint density at radius 3 is 1.94 bits per heavy atom. The van der Waals surface area contributed by atoms with Gasteiger partial charge in [0.25, 0.3) is 0 Å². The summed E-state index contributed by atoms with van der Waals surface area (Å²) in [4.78, 5) is 17.5. The quantitative estimate of drug-likeness (QED) is 0.0961. The normalized spacial score (nSPS) is 14.0. The van der Waals surface area contributed by atoms with Gasteiger partial charge in [-0.05, 0) is 59.4 Å². The van der Waals surface area contributed by atoms with Crippen molar-refractivity contribution in [3.8, 4) is 22.4 Å². The Morgan fingerprint density at radius 1 is 0.784 bits per heavy atom. The topological polar surface area (TPSA) is 50.2 Å². The van der Waals surface area contributed by atoms with Crippen LogP contribution >= 0.6 is 0 Å². The molecule has 0 unspecified atom stereocenters. The van der Waals surface area contributed by atoms with Crippen LogP contribution in [0.3, 0.4) is 0 Å². The van der Waals surface area contributed by atoms with Gasteiger partial charge < -0.3 is 5.11 Å². The van der Waals surface area contributed by atoms with E-state index in [9.17, 15) is 9.90 Å². The number of para-hydroxylation sites is 1. The fourth-order valence-corrected chi connectivity index (χ4v) is 7.36. The number of fused-ring (bicyclic) bond motifs is 6. The Hall–Kier alpha value is -3.59. The van der Waals surface area contributed by atoms with E-state index in [1.165, 1.54) is 44.7 Å². The molecular weight excluding hydrogens is 803 g/mol. The van der Waals surface area contributed by atoms with Crippen LogP contribution < -0.4 is 0 Å². The minimum Gasteiger partial charge on any atom is -0.512 e. The van der Waals surface area contributed by atoms with Crippen LogP contribution in [-0.4, -0.2) is 15.9 Å². The number of aliphatic hydroxyl groups is 1. The average molecular weight is 859 g/mol. The van der Waals surface area contributed by atoms with E-state index in [0.29, 0.717) is 0 Å². The predicted octanol–water partition coefficient (Wildman–Crippen LogP) is 13.1. The average Bonchev–Trinajstić information content (AvgIpc) is 3.36. The molecule has 0 saturated heterocycles. The molecule has 1 N–H and O–H groups in total. The maximum atomic E-state index is 12.2. The van der Waals surface area contributed by atoms with Gasteiger partial charge in [-0.2, -0.15) is 0 Å². The van der Waals surface area contributed by atoms with Gasteiger partial charge in [0.1, 0.15) is 5.76 Å². The zero-order valence-corrected chi connectivity index (χ0v) is 34.9. The molecule has 0 fully saturated rings. The van der Waals surface area contributed by atoms with Gasteiger partial charge in [0, 0.05) is 53.5 Å². The monoisotopic (exact) mass is 859 g/mol. The molecule has 271 valence electrons. The predicted molar refractivity (Wildman–Crippen MR) is 213 cm³/mol. The molecule has 5 aromatic rings. The van der Waals surface area contributed by atoms with Crippen molar-refractivity contribution in [3.05, 3.63) is 113 Å². The first-order chi connectivity index (χ1) is 23.6. The molecule has 6 rings (SSSR count). The molecule has 4 aromatic carbocycles. The number of hydrogen-bond acceptors (Lipinski definition) is 3. The number of carbonyl (C=O) groups excluding carboxylic acids is 1. The van der Waals surface area contributed by atoms with Gasteiger partial charge in [-0.1, -0.05) is 148 Å². The maximum absolute atomic E-state index is 12.2. The molecule has 3 nitrogen and oxygen atoms in total. The molecule has 0 amide bonds. The van der Waals surface area contributed by atoms with Gasteiger partial charge in [-0.25, -0.2) is 0 Å². The Kier molecular flexibility index (Phi) is 12.0. The number of rotatable bonds is 8. The first-order valence-corrected chi connectivity index (χ1v) is 18.5. The second-order valence-electron chi connectivity index (χ2n) is 16.2. The smallest absolute Gasteiger partial charge is 0.164 e.